The largest absolute Gasteiger partial charge is 0.504 e. The van der Waals surface area contributed by atoms with Crippen molar-refractivity contribution in [3.63, 3.8) is 0 Å². The van der Waals surface area contributed by atoms with Crippen molar-refractivity contribution in [2.24, 2.45) is 5.41 Å². The molecule has 0 bridgehead atoms. The summed E-state index contributed by atoms with van der Waals surface area (Å²) >= 11 is 0. The van der Waals surface area contributed by atoms with Gasteiger partial charge in [-0.2, -0.15) is 0 Å². The zero-order valence-corrected chi connectivity index (χ0v) is 9.86. The van der Waals surface area contributed by atoms with Gasteiger partial charge in [-0.05, 0) is 42.9 Å². The molecule has 0 atom stereocenters. The summed E-state index contributed by atoms with van der Waals surface area (Å²) in [5, 5.41) is 21.3. The van der Waals surface area contributed by atoms with Crippen molar-refractivity contribution in [3.8, 4) is 11.5 Å². The number of phenolic OH excluding ortho intramolecular Hbond substituents is 2. The van der Waals surface area contributed by atoms with E-state index in [0.717, 1.165) is 6.42 Å². The molecule has 0 spiro atoms. The zero-order chi connectivity index (χ0) is 12.5. The Kier molecular flexibility index (Phi) is 2.96. The number of hydrogen-bond acceptors (Lipinski definition) is 3. The van der Waals surface area contributed by atoms with Crippen molar-refractivity contribution >= 4 is 5.91 Å². The summed E-state index contributed by atoms with van der Waals surface area (Å²) in [4.78, 5) is 11.8. The number of amides is 1. The summed E-state index contributed by atoms with van der Waals surface area (Å²) in [6.07, 6.45) is 3.42. The second kappa shape index (κ2) is 4.28. The number of benzene rings is 1. The van der Waals surface area contributed by atoms with Crippen LogP contribution >= 0.6 is 0 Å². The second-order valence-electron chi connectivity index (χ2n) is 4.74. The Labute approximate surface area is 100 Å². The molecule has 0 aliphatic heterocycles. The van der Waals surface area contributed by atoms with Gasteiger partial charge in [0.05, 0.1) is 0 Å². The molecule has 92 valence electrons. The van der Waals surface area contributed by atoms with Crippen LogP contribution in [-0.2, 0) is 0 Å². The number of phenols is 2. The van der Waals surface area contributed by atoms with Crippen LogP contribution in [0.3, 0.4) is 0 Å². The average Bonchev–Trinajstić information content (AvgIpc) is 3.10. The summed E-state index contributed by atoms with van der Waals surface area (Å²) in [6, 6.07) is 4.09. The van der Waals surface area contributed by atoms with Gasteiger partial charge in [0, 0.05) is 12.1 Å². The van der Waals surface area contributed by atoms with Gasteiger partial charge in [0.2, 0.25) is 0 Å². The van der Waals surface area contributed by atoms with Crippen LogP contribution in [0.1, 0.15) is 36.5 Å². The Morgan fingerprint density at radius 3 is 2.59 bits per heavy atom. The van der Waals surface area contributed by atoms with Crippen LogP contribution in [0.2, 0.25) is 0 Å². The monoisotopic (exact) mass is 235 g/mol. The minimum Gasteiger partial charge on any atom is -0.504 e. The van der Waals surface area contributed by atoms with E-state index in [1.165, 1.54) is 31.0 Å². The van der Waals surface area contributed by atoms with Crippen molar-refractivity contribution in [3.05, 3.63) is 23.8 Å². The Bertz CT molecular complexity index is 438. The highest BCUT2D eigenvalue weighted by molar-refractivity contribution is 5.94. The fourth-order valence-electron chi connectivity index (χ4n) is 1.87. The molecule has 0 radical (unpaired) electrons. The Morgan fingerprint density at radius 2 is 2.06 bits per heavy atom. The number of nitrogens with one attached hydrogen (secondary N) is 1. The number of carbonyl (C=O) groups is 1. The molecule has 1 aromatic rings. The van der Waals surface area contributed by atoms with Gasteiger partial charge in [-0.3, -0.25) is 4.79 Å². The van der Waals surface area contributed by atoms with Gasteiger partial charge in [-0.25, -0.2) is 0 Å². The van der Waals surface area contributed by atoms with Crippen molar-refractivity contribution in [1.82, 2.24) is 5.32 Å². The molecule has 4 heteroatoms. The quantitative estimate of drug-likeness (QED) is 0.699. The maximum Gasteiger partial charge on any atom is 0.251 e. The van der Waals surface area contributed by atoms with Crippen LogP contribution in [0.5, 0.6) is 11.5 Å². The minimum atomic E-state index is -0.269. The van der Waals surface area contributed by atoms with Gasteiger partial charge in [0.25, 0.3) is 5.91 Å². The maximum absolute atomic E-state index is 11.8. The first-order chi connectivity index (χ1) is 8.06. The van der Waals surface area contributed by atoms with Gasteiger partial charge in [0.15, 0.2) is 11.5 Å². The molecule has 1 fully saturated rings. The predicted molar refractivity (Wildman–Crippen MR) is 64.1 cm³/mol. The number of aromatic hydroxyl groups is 2. The zero-order valence-electron chi connectivity index (χ0n) is 9.86. The molecule has 17 heavy (non-hydrogen) atoms. The summed E-state index contributed by atoms with van der Waals surface area (Å²) in [5.41, 5.74) is 0.668. The van der Waals surface area contributed by atoms with Crippen molar-refractivity contribution in [2.75, 3.05) is 6.54 Å². The first-order valence-corrected chi connectivity index (χ1v) is 5.86. The number of rotatable bonds is 4. The van der Waals surface area contributed by atoms with Gasteiger partial charge >= 0.3 is 0 Å². The fourth-order valence-corrected chi connectivity index (χ4v) is 1.87. The van der Waals surface area contributed by atoms with Gasteiger partial charge in [-0.15, -0.1) is 0 Å². The second-order valence-corrected chi connectivity index (χ2v) is 4.74. The molecule has 0 unspecified atom stereocenters. The van der Waals surface area contributed by atoms with E-state index in [4.69, 9.17) is 5.11 Å². The smallest absolute Gasteiger partial charge is 0.251 e. The summed E-state index contributed by atoms with van der Waals surface area (Å²) in [7, 11) is 0. The molecule has 0 aromatic heterocycles. The summed E-state index contributed by atoms with van der Waals surface area (Å²) in [6.45, 7) is 2.81. The van der Waals surface area contributed by atoms with Crippen molar-refractivity contribution < 1.29 is 15.0 Å². The van der Waals surface area contributed by atoms with E-state index in [9.17, 15) is 9.90 Å². The lowest BCUT2D eigenvalue weighted by Gasteiger charge is -2.13. The molecule has 1 aliphatic carbocycles. The Balaban J connectivity index is 1.97. The van der Waals surface area contributed by atoms with Crippen molar-refractivity contribution in [2.45, 2.75) is 26.2 Å². The molecule has 1 aliphatic rings. The van der Waals surface area contributed by atoms with E-state index in [-0.39, 0.29) is 17.4 Å². The lowest BCUT2D eigenvalue weighted by atomic mass is 10.0. The maximum atomic E-state index is 11.8. The molecule has 1 saturated carbocycles. The minimum absolute atomic E-state index is 0.208. The third-order valence-corrected chi connectivity index (χ3v) is 3.57. The molecule has 0 saturated heterocycles. The SMILES string of the molecule is CCC1(CNC(=O)c2ccc(O)c(O)c2)CC1. The number of carbonyl (C=O) groups excluding carboxylic acids is 1. The highest BCUT2D eigenvalue weighted by Gasteiger charge is 2.40. The summed E-state index contributed by atoms with van der Waals surface area (Å²) in [5.74, 6) is -0.692. The lowest BCUT2D eigenvalue weighted by molar-refractivity contribution is 0.0944. The first kappa shape index (κ1) is 11.8. The van der Waals surface area contributed by atoms with E-state index in [1.54, 1.807) is 0 Å². The standard InChI is InChI=1S/C13H17NO3/c1-2-13(5-6-13)8-14-12(17)9-3-4-10(15)11(16)7-9/h3-4,7,15-16H,2,5-6,8H2,1H3,(H,14,17). The topological polar surface area (TPSA) is 69.6 Å². The van der Waals surface area contributed by atoms with E-state index < -0.39 is 0 Å². The Morgan fingerprint density at radius 1 is 1.35 bits per heavy atom. The predicted octanol–water partition coefficient (Wildman–Crippen LogP) is 2.02. The molecular formula is C13H17NO3. The van der Waals surface area contributed by atoms with Crippen LogP contribution in [0.4, 0.5) is 0 Å². The van der Waals surface area contributed by atoms with Crippen molar-refractivity contribution in [1.29, 1.82) is 0 Å². The molecular weight excluding hydrogens is 218 g/mol. The molecule has 2 rings (SSSR count). The van der Waals surface area contributed by atoms with E-state index >= 15 is 0 Å². The van der Waals surface area contributed by atoms with Crippen LogP contribution in [0, 0.1) is 5.41 Å². The lowest BCUT2D eigenvalue weighted by Crippen LogP contribution is -2.29. The van der Waals surface area contributed by atoms with Crippen LogP contribution in [0.25, 0.3) is 0 Å². The molecule has 1 aromatic carbocycles. The van der Waals surface area contributed by atoms with E-state index in [1.807, 2.05) is 0 Å². The van der Waals surface area contributed by atoms with E-state index in [0.29, 0.717) is 17.5 Å². The van der Waals surface area contributed by atoms with Crippen LogP contribution < -0.4 is 5.32 Å². The molecule has 4 nitrogen and oxygen atoms in total. The highest BCUT2D eigenvalue weighted by Crippen LogP contribution is 2.47. The molecule has 0 heterocycles. The van der Waals surface area contributed by atoms with Gasteiger partial charge in [0.1, 0.15) is 0 Å². The fraction of sp³-hybridized carbons (Fsp3) is 0.462. The third-order valence-electron chi connectivity index (χ3n) is 3.57. The molecule has 1 amide bonds. The average molecular weight is 235 g/mol. The highest BCUT2D eigenvalue weighted by atomic mass is 16.3. The third kappa shape index (κ3) is 2.52. The van der Waals surface area contributed by atoms with Gasteiger partial charge < -0.3 is 15.5 Å². The molecule has 3 N–H and O–H groups in total. The van der Waals surface area contributed by atoms with E-state index in [2.05, 4.69) is 12.2 Å². The van der Waals surface area contributed by atoms with Gasteiger partial charge in [-0.1, -0.05) is 6.92 Å². The number of hydrogen-bond donors (Lipinski definition) is 3. The summed E-state index contributed by atoms with van der Waals surface area (Å²) < 4.78 is 0. The first-order valence-electron chi connectivity index (χ1n) is 5.86. The Hall–Kier alpha value is -1.71. The van der Waals surface area contributed by atoms with Crippen LogP contribution in [0.15, 0.2) is 18.2 Å². The van der Waals surface area contributed by atoms with Crippen LogP contribution in [-0.4, -0.2) is 22.7 Å². The normalized spacial score (nSPS) is 16.5.